The summed E-state index contributed by atoms with van der Waals surface area (Å²) in [5.41, 5.74) is 1.67. The van der Waals surface area contributed by atoms with Gasteiger partial charge in [0, 0.05) is 17.6 Å². The zero-order valence-corrected chi connectivity index (χ0v) is 13.0. The number of benzene rings is 1. The second-order valence-electron chi connectivity index (χ2n) is 4.97. The summed E-state index contributed by atoms with van der Waals surface area (Å²) in [6, 6.07) is 9.87. The molecular formula is C15H13F3N4S. The van der Waals surface area contributed by atoms with Crippen molar-refractivity contribution in [3.63, 3.8) is 0 Å². The van der Waals surface area contributed by atoms with Crippen molar-refractivity contribution in [1.82, 2.24) is 19.6 Å². The highest BCUT2D eigenvalue weighted by Crippen LogP contribution is 2.31. The van der Waals surface area contributed by atoms with Crippen molar-refractivity contribution in [2.75, 3.05) is 5.75 Å². The highest BCUT2D eigenvalue weighted by Gasteiger charge is 2.37. The smallest absolute Gasteiger partial charge is 0.272 e. The summed E-state index contributed by atoms with van der Waals surface area (Å²) in [6.07, 6.45) is -2.33. The molecule has 2 aromatic heterocycles. The number of alkyl halides is 3. The largest absolute Gasteiger partial charge is 0.452 e. The molecule has 0 aliphatic heterocycles. The van der Waals surface area contributed by atoms with Gasteiger partial charge in [-0.2, -0.15) is 13.2 Å². The maximum atomic E-state index is 13.0. The van der Waals surface area contributed by atoms with Crippen LogP contribution in [-0.2, 0) is 12.6 Å². The Kier molecular flexibility index (Phi) is 4.25. The van der Waals surface area contributed by atoms with Gasteiger partial charge in [0.25, 0.3) is 0 Å². The lowest BCUT2D eigenvalue weighted by molar-refractivity contribution is -0.145. The summed E-state index contributed by atoms with van der Waals surface area (Å²) in [6.45, 7) is 1.55. The van der Waals surface area contributed by atoms with Crippen LogP contribution in [0.2, 0.25) is 0 Å². The van der Waals surface area contributed by atoms with Gasteiger partial charge in [-0.05, 0) is 18.9 Å². The second-order valence-corrected chi connectivity index (χ2v) is 6.05. The first-order valence-corrected chi connectivity index (χ1v) is 7.90. The highest BCUT2D eigenvalue weighted by molar-refractivity contribution is 7.99. The molecule has 0 radical (unpaired) electrons. The van der Waals surface area contributed by atoms with Crippen molar-refractivity contribution in [2.24, 2.45) is 0 Å². The third-order valence-corrected chi connectivity index (χ3v) is 4.27. The van der Waals surface area contributed by atoms with Gasteiger partial charge in [-0.1, -0.05) is 30.3 Å². The number of hydrogen-bond acceptors (Lipinski definition) is 4. The Morgan fingerprint density at radius 1 is 1.13 bits per heavy atom. The lowest BCUT2D eigenvalue weighted by atomic mass is 10.2. The molecule has 23 heavy (non-hydrogen) atoms. The van der Waals surface area contributed by atoms with Gasteiger partial charge in [0.05, 0.1) is 0 Å². The molecule has 0 fully saturated rings. The highest BCUT2D eigenvalue weighted by atomic mass is 32.2. The quantitative estimate of drug-likeness (QED) is 0.679. The molecule has 0 amide bonds. The lowest BCUT2D eigenvalue weighted by Gasteiger charge is -2.08. The van der Waals surface area contributed by atoms with Gasteiger partial charge in [-0.25, -0.2) is 4.98 Å². The average molecular weight is 338 g/mol. The van der Waals surface area contributed by atoms with E-state index in [1.807, 2.05) is 30.3 Å². The third kappa shape index (κ3) is 3.31. The number of thioether (sulfide) groups is 1. The van der Waals surface area contributed by atoms with Crippen LogP contribution in [0.15, 0.2) is 41.6 Å². The number of hydrogen-bond donors (Lipinski definition) is 0. The van der Waals surface area contributed by atoms with Crippen molar-refractivity contribution in [1.29, 1.82) is 0 Å². The first-order chi connectivity index (χ1) is 11.0. The Hall–Kier alpha value is -2.09. The van der Waals surface area contributed by atoms with Crippen LogP contribution in [0.5, 0.6) is 0 Å². The van der Waals surface area contributed by atoms with Crippen LogP contribution in [0.1, 0.15) is 17.1 Å². The van der Waals surface area contributed by atoms with Crippen LogP contribution >= 0.6 is 11.8 Å². The standard InChI is InChI=1S/C15H13F3N4S/c1-10-9-19-13(23-8-7-11-5-3-2-4-6-11)12-20-21-14(22(10)12)15(16,17)18/h2-6,9H,7-8H2,1H3. The number of halogens is 3. The van der Waals surface area contributed by atoms with Crippen LogP contribution in [0.4, 0.5) is 13.2 Å². The molecule has 0 spiro atoms. The van der Waals surface area contributed by atoms with Gasteiger partial charge < -0.3 is 0 Å². The Balaban J connectivity index is 1.85. The molecule has 8 heteroatoms. The Bertz CT molecular complexity index is 815. The van der Waals surface area contributed by atoms with Crippen molar-refractivity contribution in [3.8, 4) is 0 Å². The van der Waals surface area contributed by atoms with E-state index < -0.39 is 12.0 Å². The molecular weight excluding hydrogens is 325 g/mol. The predicted molar refractivity (Wildman–Crippen MR) is 81.4 cm³/mol. The van der Waals surface area contributed by atoms with Gasteiger partial charge in [-0.15, -0.1) is 22.0 Å². The molecule has 0 unspecified atom stereocenters. The molecule has 120 valence electrons. The van der Waals surface area contributed by atoms with Crippen molar-refractivity contribution in [2.45, 2.75) is 24.5 Å². The average Bonchev–Trinajstić information content (AvgIpc) is 2.97. The molecule has 2 heterocycles. The van der Waals surface area contributed by atoms with Crippen LogP contribution in [0.25, 0.3) is 5.65 Å². The van der Waals surface area contributed by atoms with Crippen LogP contribution in [-0.4, -0.2) is 25.3 Å². The van der Waals surface area contributed by atoms with E-state index >= 15 is 0 Å². The van der Waals surface area contributed by atoms with E-state index in [1.54, 1.807) is 6.92 Å². The molecule has 0 aliphatic rings. The van der Waals surface area contributed by atoms with Gasteiger partial charge in [0.15, 0.2) is 5.65 Å². The topological polar surface area (TPSA) is 43.1 Å². The maximum absolute atomic E-state index is 13.0. The normalized spacial score (nSPS) is 12.0. The fourth-order valence-electron chi connectivity index (χ4n) is 2.22. The Morgan fingerprint density at radius 2 is 1.87 bits per heavy atom. The molecule has 0 N–H and O–H groups in total. The van der Waals surface area contributed by atoms with Crippen molar-refractivity contribution < 1.29 is 13.2 Å². The summed E-state index contributed by atoms with van der Waals surface area (Å²) >= 11 is 1.38. The van der Waals surface area contributed by atoms with E-state index in [0.29, 0.717) is 16.5 Å². The minimum atomic E-state index is -4.54. The van der Waals surface area contributed by atoms with Gasteiger partial charge in [0.2, 0.25) is 5.82 Å². The zero-order valence-electron chi connectivity index (χ0n) is 12.2. The van der Waals surface area contributed by atoms with Crippen molar-refractivity contribution >= 4 is 17.4 Å². The monoisotopic (exact) mass is 338 g/mol. The molecule has 3 aromatic rings. The van der Waals surface area contributed by atoms with Gasteiger partial charge in [-0.3, -0.25) is 4.40 Å². The number of rotatable bonds is 4. The molecule has 0 bridgehead atoms. The van der Waals surface area contributed by atoms with E-state index in [4.69, 9.17) is 0 Å². The third-order valence-electron chi connectivity index (χ3n) is 3.30. The number of fused-ring (bicyclic) bond motifs is 1. The first-order valence-electron chi connectivity index (χ1n) is 6.91. The lowest BCUT2D eigenvalue weighted by Crippen LogP contribution is -2.12. The van der Waals surface area contributed by atoms with Gasteiger partial charge in [0.1, 0.15) is 5.03 Å². The first kappa shape index (κ1) is 15.8. The summed E-state index contributed by atoms with van der Waals surface area (Å²) < 4.78 is 40.0. The Labute approximate surface area is 134 Å². The van der Waals surface area contributed by atoms with Crippen LogP contribution in [0.3, 0.4) is 0 Å². The molecule has 0 aliphatic carbocycles. The van der Waals surface area contributed by atoms with E-state index in [1.165, 1.54) is 23.5 Å². The molecule has 1 aromatic carbocycles. The van der Waals surface area contributed by atoms with E-state index in [2.05, 4.69) is 15.2 Å². The summed E-state index contributed by atoms with van der Waals surface area (Å²) in [5.74, 6) is -0.318. The second kappa shape index (κ2) is 6.19. The minimum absolute atomic E-state index is 0.149. The summed E-state index contributed by atoms with van der Waals surface area (Å²) in [4.78, 5) is 4.21. The van der Waals surface area contributed by atoms with Crippen LogP contribution < -0.4 is 0 Å². The van der Waals surface area contributed by atoms with E-state index in [-0.39, 0.29) is 5.65 Å². The number of nitrogens with zero attached hydrogens (tertiary/aromatic N) is 4. The minimum Gasteiger partial charge on any atom is -0.272 e. The molecule has 4 nitrogen and oxygen atoms in total. The molecule has 3 rings (SSSR count). The zero-order chi connectivity index (χ0) is 16.4. The molecule has 0 saturated carbocycles. The van der Waals surface area contributed by atoms with E-state index in [0.717, 1.165) is 10.8 Å². The number of aromatic nitrogens is 4. The molecule has 0 atom stereocenters. The fraction of sp³-hybridized carbons (Fsp3) is 0.267. The summed E-state index contributed by atoms with van der Waals surface area (Å²) in [7, 11) is 0. The predicted octanol–water partition coefficient (Wildman–Crippen LogP) is 3.79. The Morgan fingerprint density at radius 3 is 2.57 bits per heavy atom. The summed E-state index contributed by atoms with van der Waals surface area (Å²) in [5, 5.41) is 7.42. The SMILES string of the molecule is Cc1cnc(SCCc2ccccc2)c2nnc(C(F)(F)F)n12. The fourth-order valence-corrected chi connectivity index (χ4v) is 3.14. The van der Waals surface area contributed by atoms with Crippen molar-refractivity contribution in [3.05, 3.63) is 53.6 Å². The molecule has 0 saturated heterocycles. The van der Waals surface area contributed by atoms with Gasteiger partial charge >= 0.3 is 6.18 Å². The maximum Gasteiger partial charge on any atom is 0.452 e. The number of aryl methyl sites for hydroxylation is 2. The van der Waals surface area contributed by atoms with Crippen LogP contribution in [0, 0.1) is 6.92 Å². The van der Waals surface area contributed by atoms with E-state index in [9.17, 15) is 13.2 Å².